The van der Waals surface area contributed by atoms with Gasteiger partial charge in [0, 0.05) is 0 Å². The molecule has 0 spiro atoms. The average molecular weight is 258 g/mol. The number of aliphatic hydroxyl groups excluding tert-OH is 1. The summed E-state index contributed by atoms with van der Waals surface area (Å²) in [6.45, 7) is 1.54. The van der Waals surface area contributed by atoms with E-state index in [1.54, 1.807) is 6.92 Å². The van der Waals surface area contributed by atoms with Crippen molar-refractivity contribution in [1.82, 2.24) is 0 Å². The van der Waals surface area contributed by atoms with E-state index in [1.165, 1.54) is 0 Å². The maximum Gasteiger partial charge on any atom is 1.00 e. The molecule has 0 amide bonds. The summed E-state index contributed by atoms with van der Waals surface area (Å²) < 4.78 is 27.0. The number of hydrogen-bond donors (Lipinski definition) is 3. The molecular weight excluding hydrogens is 251 g/mol. The molecule has 0 aliphatic carbocycles. The fourth-order valence-electron chi connectivity index (χ4n) is 0.235. The number of carboxylic acid groups (broad SMARTS) is 1. The first kappa shape index (κ1) is 20.8. The van der Waals surface area contributed by atoms with Gasteiger partial charge in [0.2, 0.25) is 6.29 Å². The minimum Gasteiger partial charge on any atom is -0.537 e. The number of carbonyl (C=O) groups is 1. The molecule has 3 N–H and O–H groups in total. The molecule has 7 nitrogen and oxygen atoms in total. The Bertz CT molecular complexity index is 417. The summed E-state index contributed by atoms with van der Waals surface area (Å²) in [5.41, 5.74) is 0. The number of aliphatic carboxylic acids is 1. The average Bonchev–Trinajstić information content (AvgIpc) is 2.00. The largest absolute Gasteiger partial charge is 1.00 e. The number of rotatable bonds is 0. The first-order valence-corrected chi connectivity index (χ1v) is 4.62. The fourth-order valence-corrected chi connectivity index (χ4v) is 0.448. The Balaban J connectivity index is -0.000000214. The van der Waals surface area contributed by atoms with E-state index in [4.69, 9.17) is 14.8 Å². The van der Waals surface area contributed by atoms with Gasteiger partial charge in [0.05, 0.1) is 5.25 Å². The molecule has 0 rings (SSSR count). The van der Waals surface area contributed by atoms with Gasteiger partial charge >= 0.3 is 39.7 Å². The summed E-state index contributed by atoms with van der Waals surface area (Å²) in [5, 5.41) is 26.3. The predicted octanol–water partition coefficient (Wildman–Crippen LogP) is -6.09. The number of carbonyl (C=O) groups excluding carboxylic acids is 1. The second-order valence-corrected chi connectivity index (χ2v) is 2.91. The SMILES string of the molecule is CC#CC(O)O.O=C([O-])C#CS(=O)(=O)O.[Na+]. The molecular formula is C7H7NaO7S. The van der Waals surface area contributed by atoms with E-state index in [-0.39, 0.29) is 29.6 Å². The molecule has 0 aliphatic heterocycles. The van der Waals surface area contributed by atoms with Gasteiger partial charge in [-0.15, -0.1) is 5.92 Å². The normalized spacial score (nSPS) is 8.06. The van der Waals surface area contributed by atoms with Crippen LogP contribution in [0.25, 0.3) is 0 Å². The topological polar surface area (TPSA) is 135 Å². The maximum atomic E-state index is 9.63. The standard InChI is InChI=1S/C4H6O2.C3H2O5S.Na/c1-2-3-4(5)6;4-3(5)1-2-9(6,7)8;/h4-6H,1H3;(H,4,5)(H,6,7,8);/q;;+1/p-1. The van der Waals surface area contributed by atoms with Crippen molar-refractivity contribution >= 4 is 16.1 Å². The maximum absolute atomic E-state index is 9.63. The molecule has 16 heavy (non-hydrogen) atoms. The minimum absolute atomic E-state index is 0. The molecule has 0 aromatic carbocycles. The monoisotopic (exact) mass is 258 g/mol. The summed E-state index contributed by atoms with van der Waals surface area (Å²) >= 11 is 0. The Hall–Kier alpha value is -0.580. The van der Waals surface area contributed by atoms with Gasteiger partial charge in [0.1, 0.15) is 5.97 Å². The molecule has 0 radical (unpaired) electrons. The second kappa shape index (κ2) is 10.9. The third-order valence-electron chi connectivity index (χ3n) is 0.556. The van der Waals surface area contributed by atoms with Crippen LogP contribution in [0, 0.1) is 23.0 Å². The van der Waals surface area contributed by atoms with Crippen molar-refractivity contribution in [2.45, 2.75) is 13.2 Å². The van der Waals surface area contributed by atoms with Crippen LogP contribution >= 0.6 is 0 Å². The minimum atomic E-state index is -4.50. The van der Waals surface area contributed by atoms with Gasteiger partial charge in [0.25, 0.3) is 0 Å². The first-order chi connectivity index (χ1) is 6.69. The zero-order chi connectivity index (χ0) is 12.5. The number of hydrogen-bond acceptors (Lipinski definition) is 6. The summed E-state index contributed by atoms with van der Waals surface area (Å²) in [4.78, 5) is 9.39. The molecule has 0 bridgehead atoms. The predicted molar refractivity (Wildman–Crippen MR) is 46.0 cm³/mol. The molecule has 0 heterocycles. The smallest absolute Gasteiger partial charge is 0.537 e. The van der Waals surface area contributed by atoms with Gasteiger partial charge in [-0.1, -0.05) is 0 Å². The molecule has 0 saturated carbocycles. The molecule has 0 aliphatic rings. The number of aliphatic hydroxyl groups is 2. The van der Waals surface area contributed by atoms with Gasteiger partial charge < -0.3 is 20.1 Å². The van der Waals surface area contributed by atoms with Crippen LogP contribution in [0.3, 0.4) is 0 Å². The quantitative estimate of drug-likeness (QED) is 0.170. The van der Waals surface area contributed by atoms with E-state index >= 15 is 0 Å². The van der Waals surface area contributed by atoms with E-state index in [2.05, 4.69) is 11.8 Å². The Morgan fingerprint density at radius 3 is 1.88 bits per heavy atom. The van der Waals surface area contributed by atoms with E-state index in [0.717, 1.165) is 11.2 Å². The van der Waals surface area contributed by atoms with Crippen molar-refractivity contribution in [3.8, 4) is 23.0 Å². The van der Waals surface area contributed by atoms with E-state index in [0.29, 0.717) is 0 Å². The third kappa shape index (κ3) is 29.2. The molecule has 0 fully saturated rings. The van der Waals surface area contributed by atoms with Crippen LogP contribution in [0.5, 0.6) is 0 Å². The van der Waals surface area contributed by atoms with Gasteiger partial charge in [-0.2, -0.15) is 8.42 Å². The molecule has 0 aromatic heterocycles. The molecule has 0 atom stereocenters. The number of carboxylic acids is 1. The van der Waals surface area contributed by atoms with Crippen LogP contribution in [0.1, 0.15) is 6.92 Å². The Morgan fingerprint density at radius 1 is 1.38 bits per heavy atom. The first-order valence-electron chi connectivity index (χ1n) is 3.18. The van der Waals surface area contributed by atoms with Gasteiger partial charge in [-0.05, 0) is 18.8 Å². The van der Waals surface area contributed by atoms with Crippen LogP contribution in [-0.4, -0.2) is 35.4 Å². The van der Waals surface area contributed by atoms with Crippen LogP contribution < -0.4 is 34.7 Å². The van der Waals surface area contributed by atoms with Crippen molar-refractivity contribution in [2.24, 2.45) is 0 Å². The van der Waals surface area contributed by atoms with Crippen LogP contribution in [0.15, 0.2) is 0 Å². The van der Waals surface area contributed by atoms with E-state index < -0.39 is 22.4 Å². The van der Waals surface area contributed by atoms with Gasteiger partial charge in [-0.3, -0.25) is 4.55 Å². The second-order valence-electron chi connectivity index (χ2n) is 1.76. The Morgan fingerprint density at radius 2 is 1.81 bits per heavy atom. The van der Waals surface area contributed by atoms with E-state index in [9.17, 15) is 18.3 Å². The van der Waals surface area contributed by atoms with Crippen LogP contribution in [0.2, 0.25) is 0 Å². The van der Waals surface area contributed by atoms with Crippen molar-refractivity contribution in [3.05, 3.63) is 0 Å². The zero-order valence-electron chi connectivity index (χ0n) is 8.46. The van der Waals surface area contributed by atoms with Gasteiger partial charge in [0.15, 0.2) is 0 Å². The van der Waals surface area contributed by atoms with Crippen LogP contribution in [-0.2, 0) is 14.9 Å². The van der Waals surface area contributed by atoms with Crippen LogP contribution in [0.4, 0.5) is 0 Å². The summed E-state index contributed by atoms with van der Waals surface area (Å²) in [6, 6.07) is 0. The molecule has 0 unspecified atom stereocenters. The molecule has 9 heteroatoms. The Kier molecular flexibility index (Phi) is 14.2. The molecule has 0 aromatic rings. The molecule has 0 saturated heterocycles. The third-order valence-corrected chi connectivity index (χ3v) is 0.916. The van der Waals surface area contributed by atoms with E-state index in [1.807, 2.05) is 0 Å². The molecule has 84 valence electrons. The summed E-state index contributed by atoms with van der Waals surface area (Å²) in [6.07, 6.45) is -1.46. The summed E-state index contributed by atoms with van der Waals surface area (Å²) in [5.74, 6) is 3.64. The fraction of sp³-hybridized carbons (Fsp3) is 0.286. The Labute approximate surface area is 115 Å². The zero-order valence-corrected chi connectivity index (χ0v) is 11.3. The summed E-state index contributed by atoms with van der Waals surface area (Å²) in [7, 11) is -4.50. The van der Waals surface area contributed by atoms with Crippen molar-refractivity contribution in [1.29, 1.82) is 0 Å². The van der Waals surface area contributed by atoms with Gasteiger partial charge in [-0.25, -0.2) is 0 Å². The van der Waals surface area contributed by atoms with Crippen molar-refractivity contribution in [3.63, 3.8) is 0 Å². The van der Waals surface area contributed by atoms with Crippen molar-refractivity contribution < 1.29 is 62.6 Å². The van der Waals surface area contributed by atoms with Crippen molar-refractivity contribution in [2.75, 3.05) is 0 Å².